The molecule has 0 aromatic heterocycles. The van der Waals surface area contributed by atoms with Crippen LogP contribution in [0.1, 0.15) is 54.4 Å². The summed E-state index contributed by atoms with van der Waals surface area (Å²) in [7, 11) is -5.54. The molecule has 0 fully saturated rings. The van der Waals surface area contributed by atoms with E-state index in [1.807, 2.05) is 6.07 Å². The third-order valence-corrected chi connectivity index (χ3v) is 13.1. The van der Waals surface area contributed by atoms with E-state index in [0.717, 1.165) is 19.4 Å². The maximum atomic E-state index is 12.6. The third kappa shape index (κ3) is 9.89. The molecule has 0 radical (unpaired) electrons. The number of halogens is 3. The number of hydrogen-bond donors (Lipinski definition) is 1. The van der Waals surface area contributed by atoms with E-state index < -0.39 is 30.3 Å². The van der Waals surface area contributed by atoms with E-state index >= 15 is 0 Å². The van der Waals surface area contributed by atoms with Crippen LogP contribution >= 0.6 is 0 Å². The Kier molecular flexibility index (Phi) is 13.3. The molecule has 1 atom stereocenters. The van der Waals surface area contributed by atoms with Crippen molar-refractivity contribution >= 4 is 24.1 Å². The van der Waals surface area contributed by atoms with E-state index in [-0.39, 0.29) is 6.10 Å². The molecule has 0 amide bonds. The van der Waals surface area contributed by atoms with Crippen LogP contribution in [0.3, 0.4) is 0 Å². The second kappa shape index (κ2) is 14.0. The van der Waals surface area contributed by atoms with E-state index in [4.69, 9.17) is 14.3 Å². The lowest BCUT2D eigenvalue weighted by Gasteiger charge is -2.44. The molecular weight excluding hydrogens is 487 g/mol. The van der Waals surface area contributed by atoms with E-state index in [9.17, 15) is 21.6 Å². The number of aliphatic carboxylic acids is 1. The van der Waals surface area contributed by atoms with Gasteiger partial charge in [-0.3, -0.25) is 0 Å². The molecular formula is C23H38F3NO5SSi. The largest absolute Gasteiger partial charge is 0.542 e. The number of benzene rings is 1. The van der Waals surface area contributed by atoms with Crippen molar-refractivity contribution in [1.82, 2.24) is 0 Å². The topological polar surface area (TPSA) is 111 Å². The first-order chi connectivity index (χ1) is 15.5. The monoisotopic (exact) mass is 525 g/mol. The first kappa shape index (κ1) is 32.3. The van der Waals surface area contributed by atoms with Crippen LogP contribution in [0.2, 0.25) is 16.6 Å². The molecule has 0 spiro atoms. The van der Waals surface area contributed by atoms with E-state index in [1.165, 1.54) is 5.41 Å². The first-order valence-corrected chi connectivity index (χ1v) is 14.9. The minimum Gasteiger partial charge on any atom is -0.542 e. The fourth-order valence-electron chi connectivity index (χ4n) is 4.09. The fourth-order valence-corrected chi connectivity index (χ4v) is 10.7. The van der Waals surface area contributed by atoms with Gasteiger partial charge in [-0.15, -0.1) is 0 Å². The normalized spacial score (nSPS) is 13.9. The third-order valence-electron chi connectivity index (χ3n) is 5.58. The average Bonchev–Trinajstić information content (AvgIpc) is 2.72. The van der Waals surface area contributed by atoms with Crippen molar-refractivity contribution in [2.45, 2.75) is 88.2 Å². The smallest absolute Gasteiger partial charge is 0.430 e. The van der Waals surface area contributed by atoms with Crippen molar-refractivity contribution in [2.75, 3.05) is 6.54 Å². The highest BCUT2D eigenvalue weighted by atomic mass is 32.2. The molecule has 0 aliphatic heterocycles. The number of rotatable bonds is 11. The molecule has 6 nitrogen and oxygen atoms in total. The molecule has 0 unspecified atom stereocenters. The van der Waals surface area contributed by atoms with E-state index in [1.54, 1.807) is 30.3 Å². The van der Waals surface area contributed by atoms with Crippen molar-refractivity contribution < 1.29 is 41.6 Å². The zero-order valence-electron chi connectivity index (χ0n) is 20.8. The van der Waals surface area contributed by atoms with Gasteiger partial charge in [-0.1, -0.05) is 59.7 Å². The fraction of sp³-hybridized carbons (Fsp3) is 0.609. The molecule has 196 valence electrons. The summed E-state index contributed by atoms with van der Waals surface area (Å²) in [5.74, 6) is -3.01. The van der Waals surface area contributed by atoms with E-state index in [0.29, 0.717) is 21.5 Å². The maximum Gasteiger partial charge on any atom is 0.430 e. The Labute approximate surface area is 202 Å². The molecule has 1 aromatic rings. The quantitative estimate of drug-likeness (QED) is 0.441. The number of carbonyl (C=O) groups excluding carboxylic acids is 1. The Morgan fingerprint density at radius 3 is 1.85 bits per heavy atom. The van der Waals surface area contributed by atoms with Gasteiger partial charge in [-0.05, 0) is 47.7 Å². The molecule has 3 N–H and O–H groups in total. The highest BCUT2D eigenvalue weighted by Gasteiger charge is 2.46. The van der Waals surface area contributed by atoms with Crippen molar-refractivity contribution in [3.8, 4) is 0 Å². The molecule has 0 saturated carbocycles. The number of carboxylic acid groups (broad SMARTS) is 1. The zero-order chi connectivity index (χ0) is 26.7. The van der Waals surface area contributed by atoms with Crippen LogP contribution in [-0.2, 0) is 19.1 Å². The van der Waals surface area contributed by atoms with Crippen LogP contribution in [0.25, 0.3) is 0 Å². The Bertz CT molecular complexity index is 851. The molecule has 0 bridgehead atoms. The Morgan fingerprint density at radius 2 is 1.50 bits per heavy atom. The molecule has 0 aliphatic rings. The van der Waals surface area contributed by atoms with Crippen molar-refractivity contribution in [3.05, 3.63) is 41.8 Å². The van der Waals surface area contributed by atoms with Crippen LogP contribution in [0, 0.1) is 0 Å². The molecule has 11 heteroatoms. The van der Waals surface area contributed by atoms with Gasteiger partial charge in [0.2, 0.25) is 8.32 Å². The van der Waals surface area contributed by atoms with Crippen molar-refractivity contribution in [2.24, 2.45) is 0 Å². The maximum absolute atomic E-state index is 12.6. The first-order valence-electron chi connectivity index (χ1n) is 11.3. The summed E-state index contributed by atoms with van der Waals surface area (Å²) in [6.45, 7) is 14.3. The molecule has 34 heavy (non-hydrogen) atoms. The molecule has 0 heterocycles. The van der Waals surface area contributed by atoms with Gasteiger partial charge in [-0.2, -0.15) is 13.2 Å². The Hall–Kier alpha value is -1.69. The van der Waals surface area contributed by atoms with Gasteiger partial charge in [0.15, 0.2) is 9.84 Å². The van der Waals surface area contributed by atoms with Crippen LogP contribution in [-0.4, -0.2) is 41.5 Å². The van der Waals surface area contributed by atoms with Gasteiger partial charge in [0.25, 0.3) is 0 Å². The predicted molar refractivity (Wildman–Crippen MR) is 127 cm³/mol. The minimum atomic E-state index is -5.19. The molecule has 1 aromatic carbocycles. The van der Waals surface area contributed by atoms with Crippen LogP contribution in [0.4, 0.5) is 13.2 Å². The van der Waals surface area contributed by atoms with Crippen LogP contribution < -0.4 is 10.8 Å². The molecule has 0 saturated heterocycles. The lowest BCUT2D eigenvalue weighted by Crippen LogP contribution is -2.51. The average molecular weight is 526 g/mol. The summed E-state index contributed by atoms with van der Waals surface area (Å²) in [5.41, 5.74) is 5.30. The highest BCUT2D eigenvalue weighted by Crippen LogP contribution is 2.43. The van der Waals surface area contributed by atoms with Gasteiger partial charge in [0.05, 0.1) is 17.5 Å². The predicted octanol–water partition coefficient (Wildman–Crippen LogP) is 3.86. The highest BCUT2D eigenvalue weighted by molar-refractivity contribution is 7.94. The second-order valence-electron chi connectivity index (χ2n) is 8.94. The lowest BCUT2D eigenvalue weighted by atomic mass is 10.2. The Morgan fingerprint density at radius 1 is 1.06 bits per heavy atom. The number of carbonyl (C=O) groups is 1. The summed E-state index contributed by atoms with van der Waals surface area (Å²) in [4.78, 5) is 9.10. The van der Waals surface area contributed by atoms with Gasteiger partial charge < -0.3 is 20.1 Å². The minimum absolute atomic E-state index is 0.191. The summed E-state index contributed by atoms with van der Waals surface area (Å²) in [6.07, 6.45) is -1.92. The van der Waals surface area contributed by atoms with Crippen LogP contribution in [0.5, 0.6) is 0 Å². The molecule has 1 rings (SSSR count). The lowest BCUT2D eigenvalue weighted by molar-refractivity contribution is -0.368. The van der Waals surface area contributed by atoms with Gasteiger partial charge in [-0.25, -0.2) is 8.42 Å². The number of hydrogen-bond acceptors (Lipinski definition) is 5. The summed E-state index contributed by atoms with van der Waals surface area (Å²) in [6, 6.07) is 8.55. The number of sulfone groups is 1. The Balaban J connectivity index is 0.00000135. The van der Waals surface area contributed by atoms with Crippen molar-refractivity contribution in [3.63, 3.8) is 0 Å². The number of carboxylic acids is 1. The summed E-state index contributed by atoms with van der Waals surface area (Å²) in [5, 5.41) is 10.1. The van der Waals surface area contributed by atoms with Crippen molar-refractivity contribution in [1.29, 1.82) is 0 Å². The van der Waals surface area contributed by atoms with Crippen LogP contribution in [0.15, 0.2) is 46.7 Å². The summed E-state index contributed by atoms with van der Waals surface area (Å²) >= 11 is 0. The second-order valence-corrected chi connectivity index (χ2v) is 16.2. The SMILES string of the molecule is CC(C)[Si](O[C@@H](/C=C/S(=O)(=O)c1ccccc1)CCC[NH3+])(C(C)C)C(C)C.O=C([O-])C(F)(F)F. The zero-order valence-corrected chi connectivity index (χ0v) is 22.6. The number of quaternary nitrogens is 1. The summed E-state index contributed by atoms with van der Waals surface area (Å²) < 4.78 is 63.6. The van der Waals surface area contributed by atoms with Gasteiger partial charge in [0.1, 0.15) is 5.97 Å². The van der Waals surface area contributed by atoms with E-state index in [2.05, 4.69) is 47.3 Å². The standard InChI is InChI=1S/C21H37NO3SSi.C2HF3O2/c1-17(2)27(18(3)4,19(5)6)25-20(11-10-15-22)14-16-26(23,24)21-12-8-7-9-13-21;3-2(4,5)1(6)7/h7-9,12-14,16-20H,10-11,15,22H2,1-6H3;(H,6,7)/b16-14+;/t20-;/m1./s1. The molecule has 0 aliphatic carbocycles. The van der Waals surface area contributed by atoms with Gasteiger partial charge >= 0.3 is 6.18 Å². The van der Waals surface area contributed by atoms with Gasteiger partial charge in [0, 0.05) is 5.41 Å². The number of alkyl halides is 3.